The highest BCUT2D eigenvalue weighted by Crippen LogP contribution is 2.43. The van der Waals surface area contributed by atoms with Gasteiger partial charge in [0.15, 0.2) is 0 Å². The van der Waals surface area contributed by atoms with Gasteiger partial charge < -0.3 is 5.32 Å². The number of hydrogen-bond donors (Lipinski definition) is 1. The lowest BCUT2D eigenvalue weighted by atomic mass is 9.62. The van der Waals surface area contributed by atoms with Gasteiger partial charge in [0.05, 0.1) is 11.5 Å². The lowest BCUT2D eigenvalue weighted by Crippen LogP contribution is -2.52. The van der Waals surface area contributed by atoms with Crippen LogP contribution in [0.1, 0.15) is 39.2 Å². The molecule has 1 saturated carbocycles. The Bertz CT molecular complexity index is 430. The fraction of sp³-hybridized carbons (Fsp3) is 0.562. The first kappa shape index (κ1) is 13.1. The third kappa shape index (κ3) is 2.73. The minimum atomic E-state index is -0.253. The van der Waals surface area contributed by atoms with Gasteiger partial charge in [-0.15, -0.1) is 0 Å². The number of nitriles is 1. The minimum absolute atomic E-state index is 0.253. The summed E-state index contributed by atoms with van der Waals surface area (Å²) >= 11 is 0. The van der Waals surface area contributed by atoms with Gasteiger partial charge in [0.25, 0.3) is 0 Å². The average Bonchev–Trinajstić information content (AvgIpc) is 2.28. The van der Waals surface area contributed by atoms with Crippen molar-refractivity contribution in [3.05, 3.63) is 35.9 Å². The normalized spacial score (nSPS) is 27.3. The maximum atomic E-state index is 9.46. The highest BCUT2D eigenvalue weighted by atomic mass is 14.9. The highest BCUT2D eigenvalue weighted by Gasteiger charge is 2.45. The van der Waals surface area contributed by atoms with E-state index in [1.54, 1.807) is 0 Å². The summed E-state index contributed by atoms with van der Waals surface area (Å²) in [6.45, 7) is 7.70. The summed E-state index contributed by atoms with van der Waals surface area (Å²) in [6, 6.07) is 13.2. The quantitative estimate of drug-likeness (QED) is 0.883. The smallest absolute Gasteiger partial charge is 0.0852 e. The van der Waals surface area contributed by atoms with Gasteiger partial charge in [-0.05, 0) is 23.8 Å². The van der Waals surface area contributed by atoms with E-state index in [-0.39, 0.29) is 5.41 Å². The molecule has 0 aromatic heterocycles. The Morgan fingerprint density at radius 2 is 1.89 bits per heavy atom. The number of nitrogens with zero attached hydrogens (tertiary/aromatic N) is 1. The molecule has 18 heavy (non-hydrogen) atoms. The van der Waals surface area contributed by atoms with E-state index in [4.69, 9.17) is 0 Å². The van der Waals surface area contributed by atoms with Crippen molar-refractivity contribution in [3.63, 3.8) is 0 Å². The third-order valence-corrected chi connectivity index (χ3v) is 3.65. The first-order valence-corrected chi connectivity index (χ1v) is 6.65. The SMILES string of the molecule is CC(C)(C)CNC1CC(C#N)(c2ccccc2)C1. The van der Waals surface area contributed by atoms with E-state index in [9.17, 15) is 5.26 Å². The molecule has 0 aliphatic heterocycles. The van der Waals surface area contributed by atoms with Crippen molar-refractivity contribution in [3.8, 4) is 6.07 Å². The maximum Gasteiger partial charge on any atom is 0.0852 e. The molecule has 1 N–H and O–H groups in total. The van der Waals surface area contributed by atoms with Gasteiger partial charge in [0, 0.05) is 12.6 Å². The second-order valence-electron chi connectivity index (χ2n) is 6.61. The van der Waals surface area contributed by atoms with Crippen LogP contribution in [-0.2, 0) is 5.41 Å². The van der Waals surface area contributed by atoms with E-state index in [1.807, 2.05) is 18.2 Å². The van der Waals surface area contributed by atoms with Crippen molar-refractivity contribution in [2.24, 2.45) is 5.41 Å². The standard InChI is InChI=1S/C16H22N2/c1-15(2,3)12-18-14-9-16(10-14,11-17)13-7-5-4-6-8-13/h4-8,14,18H,9-10,12H2,1-3H3. The first-order chi connectivity index (χ1) is 8.45. The summed E-state index contributed by atoms with van der Waals surface area (Å²) in [4.78, 5) is 0. The first-order valence-electron chi connectivity index (χ1n) is 6.65. The highest BCUT2D eigenvalue weighted by molar-refractivity contribution is 5.36. The summed E-state index contributed by atoms with van der Waals surface area (Å²) < 4.78 is 0. The van der Waals surface area contributed by atoms with Crippen molar-refractivity contribution in [2.45, 2.75) is 45.1 Å². The molecule has 1 aromatic rings. The fourth-order valence-electron chi connectivity index (χ4n) is 2.53. The molecule has 0 atom stereocenters. The molecule has 1 aliphatic carbocycles. The Morgan fingerprint density at radius 1 is 1.28 bits per heavy atom. The van der Waals surface area contributed by atoms with Crippen LogP contribution < -0.4 is 5.32 Å². The van der Waals surface area contributed by atoms with Crippen LogP contribution in [0.4, 0.5) is 0 Å². The van der Waals surface area contributed by atoms with Crippen LogP contribution >= 0.6 is 0 Å². The van der Waals surface area contributed by atoms with Crippen LogP contribution in [0.25, 0.3) is 0 Å². The molecular formula is C16H22N2. The van der Waals surface area contributed by atoms with Crippen molar-refractivity contribution >= 4 is 0 Å². The summed E-state index contributed by atoms with van der Waals surface area (Å²) in [5.74, 6) is 0. The number of rotatable bonds is 3. The summed E-state index contributed by atoms with van der Waals surface area (Å²) in [5.41, 5.74) is 1.22. The molecule has 0 unspecified atom stereocenters. The van der Waals surface area contributed by atoms with E-state index in [0.717, 1.165) is 19.4 Å². The molecule has 0 spiro atoms. The van der Waals surface area contributed by atoms with E-state index < -0.39 is 0 Å². The van der Waals surface area contributed by atoms with Crippen LogP contribution in [-0.4, -0.2) is 12.6 Å². The van der Waals surface area contributed by atoms with Gasteiger partial charge in [-0.25, -0.2) is 0 Å². The second kappa shape index (κ2) is 4.74. The van der Waals surface area contributed by atoms with E-state index >= 15 is 0 Å². The molecule has 1 aromatic carbocycles. The Kier molecular flexibility index (Phi) is 3.45. The molecule has 0 heterocycles. The topological polar surface area (TPSA) is 35.8 Å². The summed E-state index contributed by atoms with van der Waals surface area (Å²) in [6.07, 6.45) is 1.87. The molecule has 0 amide bonds. The molecule has 0 saturated heterocycles. The Hall–Kier alpha value is -1.33. The Morgan fingerprint density at radius 3 is 2.39 bits per heavy atom. The van der Waals surface area contributed by atoms with Crippen LogP contribution in [0.15, 0.2) is 30.3 Å². The lowest BCUT2D eigenvalue weighted by molar-refractivity contribution is 0.206. The van der Waals surface area contributed by atoms with Gasteiger partial charge in [-0.3, -0.25) is 0 Å². The molecular weight excluding hydrogens is 220 g/mol. The zero-order valence-electron chi connectivity index (χ0n) is 11.5. The predicted molar refractivity (Wildman–Crippen MR) is 74.2 cm³/mol. The molecule has 2 heteroatoms. The van der Waals surface area contributed by atoms with Crippen LogP contribution in [0.5, 0.6) is 0 Å². The molecule has 1 fully saturated rings. The van der Waals surface area contributed by atoms with Crippen LogP contribution in [0, 0.1) is 16.7 Å². The van der Waals surface area contributed by atoms with Gasteiger partial charge in [-0.1, -0.05) is 51.1 Å². The van der Waals surface area contributed by atoms with E-state index in [0.29, 0.717) is 11.5 Å². The zero-order chi connectivity index (χ0) is 13.2. The van der Waals surface area contributed by atoms with E-state index in [2.05, 4.69) is 44.3 Å². The van der Waals surface area contributed by atoms with Gasteiger partial charge >= 0.3 is 0 Å². The summed E-state index contributed by atoms with van der Waals surface area (Å²) in [7, 11) is 0. The number of benzene rings is 1. The van der Waals surface area contributed by atoms with Crippen molar-refractivity contribution in [2.75, 3.05) is 6.54 Å². The molecule has 2 rings (SSSR count). The predicted octanol–water partition coefficient (Wildman–Crippen LogP) is 3.25. The number of nitrogens with one attached hydrogen (secondary N) is 1. The Labute approximate surface area is 110 Å². The molecule has 2 nitrogen and oxygen atoms in total. The lowest BCUT2D eigenvalue weighted by Gasteiger charge is -2.44. The van der Waals surface area contributed by atoms with Gasteiger partial charge in [-0.2, -0.15) is 5.26 Å². The number of hydrogen-bond acceptors (Lipinski definition) is 2. The largest absolute Gasteiger partial charge is 0.313 e. The van der Waals surface area contributed by atoms with Crippen molar-refractivity contribution in [1.82, 2.24) is 5.32 Å². The third-order valence-electron chi connectivity index (χ3n) is 3.65. The molecule has 0 bridgehead atoms. The second-order valence-corrected chi connectivity index (χ2v) is 6.61. The van der Waals surface area contributed by atoms with Gasteiger partial charge in [0.2, 0.25) is 0 Å². The zero-order valence-corrected chi connectivity index (χ0v) is 11.5. The monoisotopic (exact) mass is 242 g/mol. The Balaban J connectivity index is 1.95. The molecule has 1 aliphatic rings. The van der Waals surface area contributed by atoms with E-state index in [1.165, 1.54) is 5.56 Å². The molecule has 0 radical (unpaired) electrons. The summed E-state index contributed by atoms with van der Waals surface area (Å²) in [5, 5.41) is 13.0. The average molecular weight is 242 g/mol. The fourth-order valence-corrected chi connectivity index (χ4v) is 2.53. The van der Waals surface area contributed by atoms with Crippen LogP contribution in [0.3, 0.4) is 0 Å². The maximum absolute atomic E-state index is 9.46. The van der Waals surface area contributed by atoms with Crippen molar-refractivity contribution < 1.29 is 0 Å². The molecule has 96 valence electrons. The minimum Gasteiger partial charge on any atom is -0.313 e. The van der Waals surface area contributed by atoms with Gasteiger partial charge in [0.1, 0.15) is 0 Å². The van der Waals surface area contributed by atoms with Crippen molar-refractivity contribution in [1.29, 1.82) is 5.26 Å². The van der Waals surface area contributed by atoms with Crippen LogP contribution in [0.2, 0.25) is 0 Å².